The molecular weight excluding hydrogens is 210 g/mol. The van der Waals surface area contributed by atoms with Crippen molar-refractivity contribution in [2.24, 2.45) is 5.41 Å². The van der Waals surface area contributed by atoms with Crippen LogP contribution >= 0.6 is 0 Å². The molecule has 2 aliphatic rings. The summed E-state index contributed by atoms with van der Waals surface area (Å²) in [6, 6.07) is 6.16. The molecule has 1 aromatic rings. The normalized spacial score (nSPS) is 22.3. The molecule has 92 valence electrons. The van der Waals surface area contributed by atoms with E-state index in [1.807, 2.05) is 12.3 Å². The fraction of sp³-hybridized carbons (Fsp3) is 0.643. The molecule has 0 aliphatic carbocycles. The molecule has 0 unspecified atom stereocenters. The molecule has 2 fully saturated rings. The Bertz CT molecular complexity index is 362. The Morgan fingerprint density at radius 1 is 1.24 bits per heavy atom. The Labute approximate surface area is 103 Å². The molecule has 3 heteroatoms. The van der Waals surface area contributed by atoms with Crippen molar-refractivity contribution in [1.82, 2.24) is 9.88 Å². The summed E-state index contributed by atoms with van der Waals surface area (Å²) >= 11 is 0. The van der Waals surface area contributed by atoms with Crippen LogP contribution in [-0.4, -0.2) is 42.6 Å². The van der Waals surface area contributed by atoms with Crippen molar-refractivity contribution in [2.45, 2.75) is 19.8 Å². The zero-order valence-corrected chi connectivity index (χ0v) is 10.6. The highest BCUT2D eigenvalue weighted by Gasteiger charge is 2.51. The van der Waals surface area contributed by atoms with Gasteiger partial charge in [-0.05, 0) is 25.1 Å². The minimum atomic E-state index is 0.602. The number of unbranched alkanes of at least 4 members (excludes halogenated alkanes) is 1. The number of hydrogen-bond acceptors (Lipinski definition) is 3. The smallest absolute Gasteiger partial charge is 0.128 e. The van der Waals surface area contributed by atoms with Crippen molar-refractivity contribution in [3.05, 3.63) is 24.4 Å². The summed E-state index contributed by atoms with van der Waals surface area (Å²) in [4.78, 5) is 9.40. The molecule has 0 atom stereocenters. The molecule has 0 saturated carbocycles. The molecule has 2 aliphatic heterocycles. The Balaban J connectivity index is 1.47. The summed E-state index contributed by atoms with van der Waals surface area (Å²) in [6.45, 7) is 8.56. The number of anilines is 1. The summed E-state index contributed by atoms with van der Waals surface area (Å²) in [7, 11) is 0. The second-order valence-corrected chi connectivity index (χ2v) is 5.61. The first-order valence-electron chi connectivity index (χ1n) is 6.70. The first-order valence-corrected chi connectivity index (χ1v) is 6.70. The predicted octanol–water partition coefficient (Wildman–Crippen LogP) is 2.00. The van der Waals surface area contributed by atoms with E-state index in [0.29, 0.717) is 5.41 Å². The summed E-state index contributed by atoms with van der Waals surface area (Å²) < 4.78 is 0. The predicted molar refractivity (Wildman–Crippen MR) is 70.2 cm³/mol. The number of hydrogen-bond donors (Lipinski definition) is 0. The van der Waals surface area contributed by atoms with E-state index < -0.39 is 0 Å². The topological polar surface area (TPSA) is 19.4 Å². The quantitative estimate of drug-likeness (QED) is 0.790. The second-order valence-electron chi connectivity index (χ2n) is 5.61. The molecule has 3 rings (SSSR count). The van der Waals surface area contributed by atoms with E-state index in [9.17, 15) is 0 Å². The lowest BCUT2D eigenvalue weighted by molar-refractivity contribution is -0.0224. The first-order chi connectivity index (χ1) is 8.31. The zero-order chi connectivity index (χ0) is 11.7. The molecule has 0 radical (unpaired) electrons. The molecule has 1 aromatic heterocycles. The van der Waals surface area contributed by atoms with E-state index in [-0.39, 0.29) is 0 Å². The van der Waals surface area contributed by atoms with Crippen molar-refractivity contribution in [3.8, 4) is 0 Å². The highest BCUT2D eigenvalue weighted by molar-refractivity contribution is 5.43. The first kappa shape index (κ1) is 11.0. The Morgan fingerprint density at radius 3 is 2.71 bits per heavy atom. The number of likely N-dealkylation sites (tertiary alicyclic amines) is 1. The Kier molecular flexibility index (Phi) is 2.79. The van der Waals surface area contributed by atoms with Crippen molar-refractivity contribution < 1.29 is 0 Å². The Hall–Kier alpha value is -1.09. The average Bonchev–Trinajstić information content (AvgIpc) is 2.26. The molecule has 3 heterocycles. The van der Waals surface area contributed by atoms with Crippen LogP contribution in [0.25, 0.3) is 0 Å². The fourth-order valence-electron chi connectivity index (χ4n) is 3.11. The Morgan fingerprint density at radius 2 is 2.06 bits per heavy atom. The minimum Gasteiger partial charge on any atom is -0.355 e. The highest BCUT2D eigenvalue weighted by Crippen LogP contribution is 2.41. The van der Waals surface area contributed by atoms with Crippen LogP contribution in [-0.2, 0) is 0 Å². The molecule has 0 aromatic carbocycles. The van der Waals surface area contributed by atoms with Gasteiger partial charge in [0.25, 0.3) is 0 Å². The van der Waals surface area contributed by atoms with Gasteiger partial charge < -0.3 is 9.80 Å². The van der Waals surface area contributed by atoms with Crippen LogP contribution < -0.4 is 4.90 Å². The summed E-state index contributed by atoms with van der Waals surface area (Å²) in [5.74, 6) is 1.14. The SMILES string of the molecule is CCCCN1CC2(C1)CN(c1ccccn1)C2. The van der Waals surface area contributed by atoms with E-state index in [0.717, 1.165) is 5.82 Å². The number of nitrogens with zero attached hydrogens (tertiary/aromatic N) is 3. The summed E-state index contributed by atoms with van der Waals surface area (Å²) in [5.41, 5.74) is 0.602. The largest absolute Gasteiger partial charge is 0.355 e. The number of pyridine rings is 1. The third kappa shape index (κ3) is 2.04. The lowest BCUT2D eigenvalue weighted by Gasteiger charge is -2.60. The van der Waals surface area contributed by atoms with E-state index in [2.05, 4.69) is 33.8 Å². The van der Waals surface area contributed by atoms with E-state index in [1.54, 1.807) is 0 Å². The van der Waals surface area contributed by atoms with Gasteiger partial charge in [-0.25, -0.2) is 4.98 Å². The van der Waals surface area contributed by atoms with E-state index in [4.69, 9.17) is 0 Å². The van der Waals surface area contributed by atoms with Gasteiger partial charge in [0.2, 0.25) is 0 Å². The molecule has 0 N–H and O–H groups in total. The van der Waals surface area contributed by atoms with Gasteiger partial charge in [-0.1, -0.05) is 19.4 Å². The van der Waals surface area contributed by atoms with Gasteiger partial charge >= 0.3 is 0 Å². The molecule has 2 saturated heterocycles. The monoisotopic (exact) mass is 231 g/mol. The van der Waals surface area contributed by atoms with Gasteiger partial charge in [0.1, 0.15) is 5.82 Å². The van der Waals surface area contributed by atoms with Crippen LogP contribution in [0.15, 0.2) is 24.4 Å². The van der Waals surface area contributed by atoms with Gasteiger partial charge in [-0.15, -0.1) is 0 Å². The van der Waals surface area contributed by atoms with Gasteiger partial charge in [0.05, 0.1) is 0 Å². The van der Waals surface area contributed by atoms with Gasteiger partial charge in [0, 0.05) is 37.8 Å². The lowest BCUT2D eigenvalue weighted by Crippen LogP contribution is -2.72. The van der Waals surface area contributed by atoms with Crippen LogP contribution in [0.1, 0.15) is 19.8 Å². The van der Waals surface area contributed by atoms with Gasteiger partial charge in [0.15, 0.2) is 0 Å². The lowest BCUT2D eigenvalue weighted by atomic mass is 9.73. The van der Waals surface area contributed by atoms with Crippen LogP contribution in [0, 0.1) is 5.41 Å². The summed E-state index contributed by atoms with van der Waals surface area (Å²) in [6.07, 6.45) is 4.54. The van der Waals surface area contributed by atoms with E-state index >= 15 is 0 Å². The molecule has 3 nitrogen and oxygen atoms in total. The number of aromatic nitrogens is 1. The van der Waals surface area contributed by atoms with Crippen LogP contribution in [0.5, 0.6) is 0 Å². The molecule has 1 spiro atoms. The van der Waals surface area contributed by atoms with Crippen LogP contribution in [0.4, 0.5) is 5.82 Å². The zero-order valence-electron chi connectivity index (χ0n) is 10.6. The van der Waals surface area contributed by atoms with Crippen LogP contribution in [0.3, 0.4) is 0 Å². The van der Waals surface area contributed by atoms with Crippen molar-refractivity contribution in [2.75, 3.05) is 37.6 Å². The maximum atomic E-state index is 4.41. The molecule has 0 bridgehead atoms. The maximum Gasteiger partial charge on any atom is 0.128 e. The molecule has 0 amide bonds. The second kappa shape index (κ2) is 4.30. The fourth-order valence-corrected chi connectivity index (χ4v) is 3.11. The minimum absolute atomic E-state index is 0.602. The highest BCUT2D eigenvalue weighted by atomic mass is 15.3. The summed E-state index contributed by atoms with van der Waals surface area (Å²) in [5, 5.41) is 0. The van der Waals surface area contributed by atoms with Gasteiger partial charge in [-0.2, -0.15) is 0 Å². The number of rotatable bonds is 4. The molecule has 17 heavy (non-hydrogen) atoms. The van der Waals surface area contributed by atoms with Crippen LogP contribution in [0.2, 0.25) is 0 Å². The van der Waals surface area contributed by atoms with Crippen molar-refractivity contribution in [3.63, 3.8) is 0 Å². The van der Waals surface area contributed by atoms with Crippen molar-refractivity contribution >= 4 is 5.82 Å². The molecular formula is C14H21N3. The van der Waals surface area contributed by atoms with Crippen molar-refractivity contribution in [1.29, 1.82) is 0 Å². The van der Waals surface area contributed by atoms with E-state index in [1.165, 1.54) is 45.6 Å². The van der Waals surface area contributed by atoms with Gasteiger partial charge in [-0.3, -0.25) is 0 Å². The standard InChI is InChI=1S/C14H21N3/c1-2-3-8-16-9-14(10-16)11-17(12-14)13-6-4-5-7-15-13/h4-7H,2-3,8-12H2,1H3. The average molecular weight is 231 g/mol. The third-order valence-corrected chi connectivity index (χ3v) is 3.97. The maximum absolute atomic E-state index is 4.41. The third-order valence-electron chi connectivity index (χ3n) is 3.97.